The number of benzene rings is 2. The zero-order chi connectivity index (χ0) is 19.3. The SMILES string of the molecule is COc1ccc(NC(=O)c2ccc(CN(CC3CCOC3)C3CC3)cc2)cc1. The number of carbonyl (C=O) groups is 1. The summed E-state index contributed by atoms with van der Waals surface area (Å²) in [5.41, 5.74) is 2.68. The van der Waals surface area contributed by atoms with Gasteiger partial charge in [-0.15, -0.1) is 0 Å². The Balaban J connectivity index is 1.34. The Hall–Kier alpha value is -2.37. The molecular weight excluding hydrogens is 352 g/mol. The fourth-order valence-electron chi connectivity index (χ4n) is 3.72. The molecule has 0 spiro atoms. The van der Waals surface area contributed by atoms with E-state index in [4.69, 9.17) is 9.47 Å². The highest BCUT2D eigenvalue weighted by Gasteiger charge is 2.31. The van der Waals surface area contributed by atoms with Gasteiger partial charge in [-0.05, 0) is 67.1 Å². The van der Waals surface area contributed by atoms with Gasteiger partial charge in [0.1, 0.15) is 5.75 Å². The molecule has 28 heavy (non-hydrogen) atoms. The second-order valence-corrected chi connectivity index (χ2v) is 7.77. The van der Waals surface area contributed by atoms with Crippen LogP contribution in [0.5, 0.6) is 5.75 Å². The molecular formula is C23H28N2O3. The predicted octanol–water partition coefficient (Wildman–Crippen LogP) is 3.95. The lowest BCUT2D eigenvalue weighted by molar-refractivity contribution is 0.102. The Kier molecular flexibility index (Phi) is 5.93. The van der Waals surface area contributed by atoms with E-state index >= 15 is 0 Å². The molecule has 1 heterocycles. The van der Waals surface area contributed by atoms with Gasteiger partial charge in [-0.2, -0.15) is 0 Å². The Morgan fingerprint density at radius 3 is 2.46 bits per heavy atom. The predicted molar refractivity (Wildman–Crippen MR) is 110 cm³/mol. The maximum atomic E-state index is 12.5. The van der Waals surface area contributed by atoms with Crippen LogP contribution >= 0.6 is 0 Å². The van der Waals surface area contributed by atoms with E-state index in [1.807, 2.05) is 36.4 Å². The molecule has 0 aromatic heterocycles. The minimum atomic E-state index is -0.0983. The molecule has 2 aliphatic rings. The number of ether oxygens (including phenoxy) is 2. The standard InChI is InChI=1S/C23H28N2O3/c1-27-22-10-6-20(7-11-22)24-23(26)19-4-2-17(3-5-19)14-25(21-8-9-21)15-18-12-13-28-16-18/h2-7,10-11,18,21H,8-9,12-16H2,1H3,(H,24,26). The average molecular weight is 380 g/mol. The van der Waals surface area contributed by atoms with Crippen LogP contribution in [0.4, 0.5) is 5.69 Å². The number of nitrogens with one attached hydrogen (secondary N) is 1. The molecule has 2 aromatic rings. The van der Waals surface area contributed by atoms with E-state index in [-0.39, 0.29) is 5.91 Å². The van der Waals surface area contributed by atoms with Crippen molar-refractivity contribution in [3.8, 4) is 5.75 Å². The number of hydrogen-bond acceptors (Lipinski definition) is 4. The summed E-state index contributed by atoms with van der Waals surface area (Å²) in [5.74, 6) is 1.33. The van der Waals surface area contributed by atoms with Crippen molar-refractivity contribution in [3.63, 3.8) is 0 Å². The first-order chi connectivity index (χ1) is 13.7. The first kappa shape index (κ1) is 19.0. The summed E-state index contributed by atoms with van der Waals surface area (Å²) in [4.78, 5) is 15.1. The van der Waals surface area contributed by atoms with Crippen molar-refractivity contribution in [1.82, 2.24) is 4.90 Å². The summed E-state index contributed by atoms with van der Waals surface area (Å²) in [6.45, 7) is 3.86. The van der Waals surface area contributed by atoms with Crippen LogP contribution in [0.2, 0.25) is 0 Å². The molecule has 1 aliphatic heterocycles. The van der Waals surface area contributed by atoms with Crippen molar-refractivity contribution >= 4 is 11.6 Å². The van der Waals surface area contributed by atoms with Crippen LogP contribution < -0.4 is 10.1 Å². The summed E-state index contributed by atoms with van der Waals surface area (Å²) in [7, 11) is 1.63. The van der Waals surface area contributed by atoms with Crippen LogP contribution in [-0.2, 0) is 11.3 Å². The van der Waals surface area contributed by atoms with Gasteiger partial charge in [-0.25, -0.2) is 0 Å². The molecule has 1 amide bonds. The monoisotopic (exact) mass is 380 g/mol. The number of rotatable bonds is 8. The smallest absolute Gasteiger partial charge is 0.255 e. The van der Waals surface area contributed by atoms with E-state index < -0.39 is 0 Å². The maximum Gasteiger partial charge on any atom is 0.255 e. The number of amides is 1. The molecule has 4 rings (SSSR count). The Morgan fingerprint density at radius 1 is 1.11 bits per heavy atom. The van der Waals surface area contributed by atoms with E-state index in [0.29, 0.717) is 11.5 Å². The molecule has 1 N–H and O–H groups in total. The quantitative estimate of drug-likeness (QED) is 0.753. The van der Waals surface area contributed by atoms with Gasteiger partial charge in [0.15, 0.2) is 0 Å². The molecule has 0 radical (unpaired) electrons. The van der Waals surface area contributed by atoms with Crippen LogP contribution in [-0.4, -0.2) is 43.7 Å². The lowest BCUT2D eigenvalue weighted by atomic mass is 10.1. The van der Waals surface area contributed by atoms with Gasteiger partial charge in [0, 0.05) is 37.0 Å². The summed E-state index contributed by atoms with van der Waals surface area (Å²) >= 11 is 0. The van der Waals surface area contributed by atoms with Crippen LogP contribution in [0, 0.1) is 5.92 Å². The van der Waals surface area contributed by atoms with Crippen molar-refractivity contribution in [2.75, 3.05) is 32.2 Å². The van der Waals surface area contributed by atoms with Gasteiger partial charge in [0.05, 0.1) is 13.7 Å². The lowest BCUT2D eigenvalue weighted by Crippen LogP contribution is -2.31. The van der Waals surface area contributed by atoms with Crippen LogP contribution in [0.1, 0.15) is 35.2 Å². The molecule has 5 heteroatoms. The normalized spacial score (nSPS) is 19.0. The summed E-state index contributed by atoms with van der Waals surface area (Å²) in [5, 5.41) is 2.93. The van der Waals surface area contributed by atoms with Crippen molar-refractivity contribution in [2.45, 2.75) is 31.8 Å². The Labute approximate surface area is 166 Å². The first-order valence-corrected chi connectivity index (χ1v) is 10.1. The topological polar surface area (TPSA) is 50.8 Å². The van der Waals surface area contributed by atoms with Gasteiger partial charge in [-0.3, -0.25) is 9.69 Å². The second-order valence-electron chi connectivity index (χ2n) is 7.77. The van der Waals surface area contributed by atoms with Crippen molar-refractivity contribution in [2.24, 2.45) is 5.92 Å². The van der Waals surface area contributed by atoms with E-state index in [2.05, 4.69) is 22.3 Å². The molecule has 1 atom stereocenters. The molecule has 2 fully saturated rings. The summed E-state index contributed by atoms with van der Waals surface area (Å²) < 4.78 is 10.7. The number of hydrogen-bond donors (Lipinski definition) is 1. The summed E-state index contributed by atoms with van der Waals surface area (Å²) in [6.07, 6.45) is 3.78. The first-order valence-electron chi connectivity index (χ1n) is 10.1. The van der Waals surface area contributed by atoms with E-state index in [1.165, 1.54) is 24.8 Å². The minimum absolute atomic E-state index is 0.0983. The van der Waals surface area contributed by atoms with Crippen LogP contribution in [0.3, 0.4) is 0 Å². The van der Waals surface area contributed by atoms with E-state index in [9.17, 15) is 4.79 Å². The van der Waals surface area contributed by atoms with Gasteiger partial charge in [-0.1, -0.05) is 12.1 Å². The molecule has 5 nitrogen and oxygen atoms in total. The molecule has 1 saturated heterocycles. The Bertz CT molecular complexity index is 778. The van der Waals surface area contributed by atoms with Crippen molar-refractivity contribution in [3.05, 3.63) is 59.7 Å². The van der Waals surface area contributed by atoms with Crippen molar-refractivity contribution in [1.29, 1.82) is 0 Å². The van der Waals surface area contributed by atoms with Gasteiger partial charge < -0.3 is 14.8 Å². The minimum Gasteiger partial charge on any atom is -0.497 e. The Morgan fingerprint density at radius 2 is 1.86 bits per heavy atom. The zero-order valence-corrected chi connectivity index (χ0v) is 16.4. The number of methoxy groups -OCH3 is 1. The zero-order valence-electron chi connectivity index (χ0n) is 16.4. The van der Waals surface area contributed by atoms with Gasteiger partial charge in [0.2, 0.25) is 0 Å². The van der Waals surface area contributed by atoms with E-state index in [0.717, 1.165) is 43.8 Å². The third-order valence-electron chi connectivity index (χ3n) is 5.53. The fourth-order valence-corrected chi connectivity index (χ4v) is 3.72. The molecule has 1 aliphatic carbocycles. The molecule has 148 valence electrons. The molecule has 2 aromatic carbocycles. The third kappa shape index (κ3) is 4.91. The maximum absolute atomic E-state index is 12.5. The number of anilines is 1. The average Bonchev–Trinajstić information content (AvgIpc) is 3.45. The lowest BCUT2D eigenvalue weighted by Gasteiger charge is -2.25. The number of carbonyl (C=O) groups excluding carboxylic acids is 1. The molecule has 1 unspecified atom stereocenters. The molecule has 1 saturated carbocycles. The van der Waals surface area contributed by atoms with Gasteiger partial charge in [0.25, 0.3) is 5.91 Å². The van der Waals surface area contributed by atoms with E-state index in [1.54, 1.807) is 7.11 Å². The molecule has 0 bridgehead atoms. The highest BCUT2D eigenvalue weighted by Crippen LogP contribution is 2.30. The number of nitrogens with zero attached hydrogens (tertiary/aromatic N) is 1. The third-order valence-corrected chi connectivity index (χ3v) is 5.53. The van der Waals surface area contributed by atoms with Crippen LogP contribution in [0.15, 0.2) is 48.5 Å². The largest absolute Gasteiger partial charge is 0.497 e. The van der Waals surface area contributed by atoms with Crippen LogP contribution in [0.25, 0.3) is 0 Å². The van der Waals surface area contributed by atoms with Gasteiger partial charge >= 0.3 is 0 Å². The second kappa shape index (κ2) is 8.76. The fraction of sp³-hybridized carbons (Fsp3) is 0.435. The highest BCUT2D eigenvalue weighted by molar-refractivity contribution is 6.04. The van der Waals surface area contributed by atoms with Crippen molar-refractivity contribution < 1.29 is 14.3 Å². The highest BCUT2D eigenvalue weighted by atomic mass is 16.5. The summed E-state index contributed by atoms with van der Waals surface area (Å²) in [6, 6.07) is 16.0.